The van der Waals surface area contributed by atoms with Crippen LogP contribution in [0.3, 0.4) is 0 Å². The van der Waals surface area contributed by atoms with Gasteiger partial charge in [-0.15, -0.1) is 0 Å². The number of carbonyl (C=O) groups is 1. The van der Waals surface area contributed by atoms with Gasteiger partial charge in [0.05, 0.1) is 11.3 Å². The highest BCUT2D eigenvalue weighted by atomic mass is 127. The number of carbonyl (C=O) groups excluding carboxylic acids is 1. The summed E-state index contributed by atoms with van der Waals surface area (Å²) in [6.07, 6.45) is 0. The topological polar surface area (TPSA) is 67.1 Å². The molecule has 4 N–H and O–H groups in total. The fourth-order valence-electron chi connectivity index (χ4n) is 1.56. The zero-order valence-corrected chi connectivity index (χ0v) is 12.7. The van der Waals surface area contributed by atoms with Gasteiger partial charge in [-0.3, -0.25) is 10.6 Å². The molecule has 0 heterocycles. The fourth-order valence-corrected chi connectivity index (χ4v) is 2.09. The lowest BCUT2D eigenvalue weighted by Gasteiger charge is -2.10. The smallest absolute Gasteiger partial charge is 0.257 e. The van der Waals surface area contributed by atoms with E-state index in [-0.39, 0.29) is 5.91 Å². The number of nitrogens with two attached hydrogens (primary N) is 1. The Morgan fingerprint density at radius 2 is 1.84 bits per heavy atom. The number of anilines is 2. The Hall–Kier alpha value is -1.31. The molecule has 2 aromatic carbocycles. The van der Waals surface area contributed by atoms with Crippen LogP contribution in [0.5, 0.6) is 0 Å². The fraction of sp³-hybridized carbons (Fsp3) is 0. The molecular weight excluding hydrogens is 377 g/mol. The minimum absolute atomic E-state index is 0.267. The van der Waals surface area contributed by atoms with E-state index in [2.05, 4.69) is 33.3 Å². The molecule has 0 unspecified atom stereocenters. The minimum Gasteiger partial charge on any atom is -0.323 e. The number of hydrogen-bond acceptors (Lipinski definition) is 3. The van der Waals surface area contributed by atoms with Gasteiger partial charge in [-0.05, 0) is 65.1 Å². The van der Waals surface area contributed by atoms with Crippen LogP contribution in [0.2, 0.25) is 5.02 Å². The summed E-state index contributed by atoms with van der Waals surface area (Å²) in [5.74, 6) is 5.11. The number of nitrogens with one attached hydrogen (secondary N) is 2. The van der Waals surface area contributed by atoms with E-state index in [0.29, 0.717) is 22.0 Å². The van der Waals surface area contributed by atoms with Gasteiger partial charge in [-0.1, -0.05) is 11.6 Å². The molecule has 4 nitrogen and oxygen atoms in total. The Bertz CT molecular complexity index is 601. The van der Waals surface area contributed by atoms with Crippen LogP contribution in [0.4, 0.5) is 11.4 Å². The van der Waals surface area contributed by atoms with Gasteiger partial charge < -0.3 is 10.7 Å². The zero-order valence-electron chi connectivity index (χ0n) is 9.78. The van der Waals surface area contributed by atoms with Crippen molar-refractivity contribution in [2.45, 2.75) is 0 Å². The van der Waals surface area contributed by atoms with Crippen molar-refractivity contribution in [2.75, 3.05) is 10.7 Å². The monoisotopic (exact) mass is 387 g/mol. The molecule has 6 heteroatoms. The summed E-state index contributed by atoms with van der Waals surface area (Å²) >= 11 is 8.09. The third-order valence-corrected chi connectivity index (χ3v) is 3.44. The van der Waals surface area contributed by atoms with E-state index in [4.69, 9.17) is 17.4 Å². The summed E-state index contributed by atoms with van der Waals surface area (Å²) in [6.45, 7) is 0. The number of rotatable bonds is 3. The molecule has 0 aliphatic heterocycles. The van der Waals surface area contributed by atoms with Crippen molar-refractivity contribution in [2.24, 2.45) is 5.84 Å². The van der Waals surface area contributed by atoms with Crippen LogP contribution < -0.4 is 16.6 Å². The van der Waals surface area contributed by atoms with E-state index in [1.54, 1.807) is 18.2 Å². The molecule has 0 spiro atoms. The van der Waals surface area contributed by atoms with Crippen molar-refractivity contribution in [1.29, 1.82) is 0 Å². The predicted molar refractivity (Wildman–Crippen MR) is 86.4 cm³/mol. The molecule has 0 radical (unpaired) electrons. The molecule has 0 atom stereocenters. The van der Waals surface area contributed by atoms with Crippen molar-refractivity contribution < 1.29 is 4.79 Å². The van der Waals surface area contributed by atoms with Crippen molar-refractivity contribution in [3.05, 3.63) is 56.6 Å². The Morgan fingerprint density at radius 3 is 2.47 bits per heavy atom. The van der Waals surface area contributed by atoms with Crippen LogP contribution in [0.1, 0.15) is 10.4 Å². The van der Waals surface area contributed by atoms with Gasteiger partial charge in [-0.25, -0.2) is 0 Å². The van der Waals surface area contributed by atoms with Crippen LogP contribution in [-0.4, -0.2) is 5.91 Å². The van der Waals surface area contributed by atoms with E-state index >= 15 is 0 Å². The number of halogens is 2. The molecule has 0 saturated carbocycles. The molecule has 1 amide bonds. The number of hydrogen-bond donors (Lipinski definition) is 3. The normalized spacial score (nSPS) is 10.1. The second-order valence-electron chi connectivity index (χ2n) is 3.80. The molecule has 0 aromatic heterocycles. The minimum atomic E-state index is -0.267. The molecule has 2 aromatic rings. The van der Waals surface area contributed by atoms with Crippen molar-refractivity contribution in [1.82, 2.24) is 0 Å². The molecular formula is C13H11ClIN3O. The molecule has 0 fully saturated rings. The van der Waals surface area contributed by atoms with Crippen LogP contribution in [-0.2, 0) is 0 Å². The Morgan fingerprint density at radius 1 is 1.16 bits per heavy atom. The van der Waals surface area contributed by atoms with Crippen LogP contribution in [0.15, 0.2) is 42.5 Å². The highest BCUT2D eigenvalue weighted by molar-refractivity contribution is 14.1. The second-order valence-corrected chi connectivity index (χ2v) is 5.48. The molecule has 0 saturated heterocycles. The van der Waals surface area contributed by atoms with Crippen LogP contribution in [0, 0.1) is 3.57 Å². The maximum absolute atomic E-state index is 12.2. The van der Waals surface area contributed by atoms with Crippen LogP contribution in [0.25, 0.3) is 0 Å². The van der Waals surface area contributed by atoms with E-state index in [9.17, 15) is 4.79 Å². The first-order valence-electron chi connectivity index (χ1n) is 5.43. The SMILES string of the molecule is NNc1ccc(Cl)cc1C(=O)Nc1ccc(I)cc1. The van der Waals surface area contributed by atoms with Gasteiger partial charge in [0.15, 0.2) is 0 Å². The Kier molecular flexibility index (Phi) is 4.62. The van der Waals surface area contributed by atoms with Gasteiger partial charge in [0.1, 0.15) is 0 Å². The molecule has 2 rings (SSSR count). The average Bonchev–Trinajstić information content (AvgIpc) is 2.41. The Balaban J connectivity index is 2.24. The Labute approximate surface area is 129 Å². The predicted octanol–water partition coefficient (Wildman–Crippen LogP) is 3.48. The molecule has 0 aliphatic rings. The molecule has 19 heavy (non-hydrogen) atoms. The first-order valence-corrected chi connectivity index (χ1v) is 6.89. The maximum Gasteiger partial charge on any atom is 0.257 e. The summed E-state index contributed by atoms with van der Waals surface area (Å²) in [6, 6.07) is 12.4. The second kappa shape index (κ2) is 6.23. The van der Waals surface area contributed by atoms with Crippen molar-refractivity contribution in [3.8, 4) is 0 Å². The van der Waals surface area contributed by atoms with Crippen LogP contribution >= 0.6 is 34.2 Å². The third-order valence-electron chi connectivity index (χ3n) is 2.48. The van der Waals surface area contributed by atoms with E-state index in [1.807, 2.05) is 24.3 Å². The highest BCUT2D eigenvalue weighted by Crippen LogP contribution is 2.21. The standard InChI is InChI=1S/C13H11ClIN3O/c14-8-1-6-12(18-16)11(7-8)13(19)17-10-4-2-9(15)3-5-10/h1-7,18H,16H2,(H,17,19). The lowest BCUT2D eigenvalue weighted by Crippen LogP contribution is -2.17. The maximum atomic E-state index is 12.2. The first-order chi connectivity index (χ1) is 9.10. The lowest BCUT2D eigenvalue weighted by molar-refractivity contribution is 0.102. The third kappa shape index (κ3) is 3.59. The van der Waals surface area contributed by atoms with Crippen molar-refractivity contribution in [3.63, 3.8) is 0 Å². The summed E-state index contributed by atoms with van der Waals surface area (Å²) in [5, 5.41) is 3.27. The van der Waals surface area contributed by atoms with Gasteiger partial charge in [0.25, 0.3) is 5.91 Å². The lowest BCUT2D eigenvalue weighted by atomic mass is 10.1. The average molecular weight is 388 g/mol. The summed E-state index contributed by atoms with van der Waals surface area (Å²) in [7, 11) is 0. The number of amides is 1. The van der Waals surface area contributed by atoms with E-state index in [0.717, 1.165) is 3.57 Å². The number of hydrazine groups is 1. The van der Waals surface area contributed by atoms with E-state index < -0.39 is 0 Å². The van der Waals surface area contributed by atoms with E-state index in [1.165, 1.54) is 0 Å². The summed E-state index contributed by atoms with van der Waals surface area (Å²) < 4.78 is 1.10. The van der Waals surface area contributed by atoms with Gasteiger partial charge in [-0.2, -0.15) is 0 Å². The number of nitrogen functional groups attached to an aromatic ring is 1. The van der Waals surface area contributed by atoms with Gasteiger partial charge in [0, 0.05) is 14.3 Å². The highest BCUT2D eigenvalue weighted by Gasteiger charge is 2.11. The molecule has 0 bridgehead atoms. The summed E-state index contributed by atoms with van der Waals surface area (Å²) in [4.78, 5) is 12.2. The number of benzene rings is 2. The largest absolute Gasteiger partial charge is 0.323 e. The zero-order chi connectivity index (χ0) is 13.8. The first kappa shape index (κ1) is 14.1. The molecule has 98 valence electrons. The molecule has 0 aliphatic carbocycles. The van der Waals surface area contributed by atoms with Gasteiger partial charge in [0.2, 0.25) is 0 Å². The van der Waals surface area contributed by atoms with Gasteiger partial charge >= 0.3 is 0 Å². The quantitative estimate of drug-likeness (QED) is 0.429. The van der Waals surface area contributed by atoms with Crippen molar-refractivity contribution >= 4 is 51.5 Å². The summed E-state index contributed by atoms with van der Waals surface area (Å²) in [5.41, 5.74) is 4.11.